The van der Waals surface area contributed by atoms with Gasteiger partial charge in [0, 0.05) is 4.47 Å². The number of aromatic carboxylic acids is 1. The van der Waals surface area contributed by atoms with Crippen LogP contribution in [-0.4, -0.2) is 11.1 Å². The van der Waals surface area contributed by atoms with Crippen LogP contribution in [0.4, 0.5) is 0 Å². The number of rotatable bonds is 3. The quantitative estimate of drug-likeness (QED) is 0.812. The summed E-state index contributed by atoms with van der Waals surface area (Å²) in [5.41, 5.74) is 0.0965. The van der Waals surface area contributed by atoms with Gasteiger partial charge in [-0.15, -0.1) is 0 Å². The van der Waals surface area contributed by atoms with Crippen LogP contribution < -0.4 is 4.74 Å². The second kappa shape index (κ2) is 5.82. The maximum Gasteiger partial charge on any atom is 0.335 e. The van der Waals surface area contributed by atoms with Gasteiger partial charge in [-0.05, 0) is 36.4 Å². The first-order valence-corrected chi connectivity index (χ1v) is 6.68. The predicted octanol–water partition coefficient (Wildman–Crippen LogP) is 5.25. The maximum absolute atomic E-state index is 10.8. The van der Waals surface area contributed by atoms with Crippen molar-refractivity contribution in [1.29, 1.82) is 0 Å². The highest BCUT2D eigenvalue weighted by Crippen LogP contribution is 2.35. The first-order valence-electron chi connectivity index (χ1n) is 5.13. The van der Waals surface area contributed by atoms with E-state index in [1.54, 1.807) is 18.2 Å². The van der Waals surface area contributed by atoms with Crippen LogP contribution in [0.25, 0.3) is 0 Å². The molecule has 2 aromatic rings. The molecule has 0 unspecified atom stereocenters. The van der Waals surface area contributed by atoms with Gasteiger partial charge in [-0.1, -0.05) is 39.1 Å². The van der Waals surface area contributed by atoms with Crippen molar-refractivity contribution in [3.63, 3.8) is 0 Å². The van der Waals surface area contributed by atoms with E-state index in [1.165, 1.54) is 18.2 Å². The SMILES string of the molecule is O=C(O)c1ccc(Oc2ccc(Br)cc2Cl)c(Cl)c1. The number of carboxylic acids is 1. The van der Waals surface area contributed by atoms with E-state index in [-0.39, 0.29) is 10.6 Å². The Bertz CT molecular complexity index is 644. The molecule has 19 heavy (non-hydrogen) atoms. The van der Waals surface area contributed by atoms with Crippen LogP contribution in [0.1, 0.15) is 10.4 Å². The Morgan fingerprint density at radius 3 is 2.16 bits per heavy atom. The van der Waals surface area contributed by atoms with Gasteiger partial charge < -0.3 is 9.84 Å². The molecule has 0 saturated carbocycles. The third-order valence-electron chi connectivity index (χ3n) is 2.29. The van der Waals surface area contributed by atoms with Crippen LogP contribution in [0.2, 0.25) is 10.0 Å². The van der Waals surface area contributed by atoms with Crippen molar-refractivity contribution >= 4 is 45.1 Å². The van der Waals surface area contributed by atoms with Crippen molar-refractivity contribution in [2.24, 2.45) is 0 Å². The molecule has 2 aromatic carbocycles. The molecule has 0 bridgehead atoms. The Hall–Kier alpha value is -1.23. The van der Waals surface area contributed by atoms with E-state index in [1.807, 2.05) is 0 Å². The highest BCUT2D eigenvalue weighted by molar-refractivity contribution is 9.10. The summed E-state index contributed by atoms with van der Waals surface area (Å²) in [5.74, 6) is -0.263. The van der Waals surface area contributed by atoms with Gasteiger partial charge in [0.1, 0.15) is 11.5 Å². The van der Waals surface area contributed by atoms with Crippen LogP contribution in [0.15, 0.2) is 40.9 Å². The molecule has 2 rings (SSSR count). The van der Waals surface area contributed by atoms with Crippen LogP contribution in [-0.2, 0) is 0 Å². The normalized spacial score (nSPS) is 10.3. The van der Waals surface area contributed by atoms with E-state index >= 15 is 0 Å². The van der Waals surface area contributed by atoms with Gasteiger partial charge in [0.05, 0.1) is 15.6 Å². The van der Waals surface area contributed by atoms with Gasteiger partial charge in [0.25, 0.3) is 0 Å². The van der Waals surface area contributed by atoms with Gasteiger partial charge in [0.15, 0.2) is 0 Å². The zero-order valence-electron chi connectivity index (χ0n) is 9.36. The third-order valence-corrected chi connectivity index (χ3v) is 3.38. The largest absolute Gasteiger partial charge is 0.478 e. The average molecular weight is 362 g/mol. The number of benzene rings is 2. The second-order valence-electron chi connectivity index (χ2n) is 3.63. The monoisotopic (exact) mass is 360 g/mol. The number of halogens is 3. The first-order chi connectivity index (χ1) is 8.97. The van der Waals surface area contributed by atoms with Crippen molar-refractivity contribution in [3.8, 4) is 11.5 Å². The number of carbonyl (C=O) groups is 1. The summed E-state index contributed by atoms with van der Waals surface area (Å²) in [5, 5.41) is 9.47. The number of carboxylic acid groups (broad SMARTS) is 1. The molecule has 0 fully saturated rings. The van der Waals surface area contributed by atoms with Crippen molar-refractivity contribution in [2.75, 3.05) is 0 Å². The van der Waals surface area contributed by atoms with E-state index < -0.39 is 5.97 Å². The van der Waals surface area contributed by atoms with Crippen LogP contribution in [0.5, 0.6) is 11.5 Å². The molecule has 0 aliphatic carbocycles. The fourth-order valence-corrected chi connectivity index (χ4v) is 2.32. The smallest absolute Gasteiger partial charge is 0.335 e. The fourth-order valence-electron chi connectivity index (χ4n) is 1.39. The maximum atomic E-state index is 10.8. The minimum absolute atomic E-state index is 0.0965. The van der Waals surface area contributed by atoms with Gasteiger partial charge in [-0.25, -0.2) is 4.79 Å². The minimum atomic E-state index is -1.05. The van der Waals surface area contributed by atoms with Gasteiger partial charge in [0.2, 0.25) is 0 Å². The molecule has 0 radical (unpaired) electrons. The lowest BCUT2D eigenvalue weighted by Gasteiger charge is -2.09. The number of hydrogen-bond acceptors (Lipinski definition) is 2. The summed E-state index contributed by atoms with van der Waals surface area (Å²) >= 11 is 15.3. The second-order valence-corrected chi connectivity index (χ2v) is 5.36. The lowest BCUT2D eigenvalue weighted by molar-refractivity contribution is 0.0697. The lowest BCUT2D eigenvalue weighted by Crippen LogP contribution is -1.96. The van der Waals surface area contributed by atoms with Crippen molar-refractivity contribution in [2.45, 2.75) is 0 Å². The van der Waals surface area contributed by atoms with Gasteiger partial charge in [-0.3, -0.25) is 0 Å². The highest BCUT2D eigenvalue weighted by Gasteiger charge is 2.10. The lowest BCUT2D eigenvalue weighted by atomic mass is 10.2. The minimum Gasteiger partial charge on any atom is -0.478 e. The molecule has 3 nitrogen and oxygen atoms in total. The van der Waals surface area contributed by atoms with Crippen molar-refractivity contribution in [3.05, 3.63) is 56.5 Å². The zero-order valence-corrected chi connectivity index (χ0v) is 12.5. The highest BCUT2D eigenvalue weighted by atomic mass is 79.9. The predicted molar refractivity (Wildman–Crippen MR) is 77.6 cm³/mol. The molecule has 0 heterocycles. The summed E-state index contributed by atoms with van der Waals surface area (Å²) < 4.78 is 6.38. The number of ether oxygens (including phenoxy) is 1. The average Bonchev–Trinajstić information content (AvgIpc) is 2.34. The van der Waals surface area contributed by atoms with E-state index in [0.29, 0.717) is 16.5 Å². The van der Waals surface area contributed by atoms with E-state index in [0.717, 1.165) is 4.47 Å². The molecule has 6 heteroatoms. The summed E-state index contributed by atoms with van der Waals surface area (Å²) in [6, 6.07) is 9.39. The molecule has 1 N–H and O–H groups in total. The Balaban J connectivity index is 2.31. The molecular formula is C13H7BrCl2O3. The summed E-state index contributed by atoms with van der Waals surface area (Å²) in [6.07, 6.45) is 0. The molecule has 0 saturated heterocycles. The first kappa shape index (κ1) is 14.2. The summed E-state index contributed by atoms with van der Waals surface area (Å²) in [6.45, 7) is 0. The van der Waals surface area contributed by atoms with Crippen LogP contribution in [0.3, 0.4) is 0 Å². The Kier molecular flexibility index (Phi) is 4.34. The standard InChI is InChI=1S/C13H7BrCl2O3/c14-8-2-4-12(10(16)6-8)19-11-3-1-7(13(17)18)5-9(11)15/h1-6H,(H,17,18). The fraction of sp³-hybridized carbons (Fsp3) is 0. The van der Waals surface area contributed by atoms with E-state index in [4.69, 9.17) is 33.0 Å². The molecule has 0 atom stereocenters. The Morgan fingerprint density at radius 2 is 1.63 bits per heavy atom. The van der Waals surface area contributed by atoms with Crippen molar-refractivity contribution in [1.82, 2.24) is 0 Å². The Morgan fingerprint density at radius 1 is 1.05 bits per heavy atom. The third kappa shape index (κ3) is 3.41. The van der Waals surface area contributed by atoms with Gasteiger partial charge >= 0.3 is 5.97 Å². The molecule has 0 aliphatic heterocycles. The molecule has 0 spiro atoms. The van der Waals surface area contributed by atoms with E-state index in [9.17, 15) is 4.79 Å². The zero-order chi connectivity index (χ0) is 14.0. The summed E-state index contributed by atoms with van der Waals surface area (Å²) in [7, 11) is 0. The molecule has 0 aliphatic rings. The number of hydrogen-bond donors (Lipinski definition) is 1. The van der Waals surface area contributed by atoms with Crippen LogP contribution in [0, 0.1) is 0 Å². The van der Waals surface area contributed by atoms with Gasteiger partial charge in [-0.2, -0.15) is 0 Å². The van der Waals surface area contributed by atoms with E-state index in [2.05, 4.69) is 15.9 Å². The van der Waals surface area contributed by atoms with Crippen LogP contribution >= 0.6 is 39.1 Å². The molecule has 0 amide bonds. The topological polar surface area (TPSA) is 46.5 Å². The summed E-state index contributed by atoms with van der Waals surface area (Å²) in [4.78, 5) is 10.8. The molecular weight excluding hydrogens is 355 g/mol. The Labute approximate surface area is 127 Å². The molecule has 98 valence electrons. The molecule has 0 aromatic heterocycles. The van der Waals surface area contributed by atoms with Crippen molar-refractivity contribution < 1.29 is 14.6 Å².